The number of aromatic nitrogens is 2. The minimum Gasteiger partial charge on any atom is -0.399 e. The van der Waals surface area contributed by atoms with Crippen LogP contribution in [0.15, 0.2) is 158 Å². The third-order valence-electron chi connectivity index (χ3n) is 8.03. The number of aryl methyl sites for hydroxylation is 1. The van der Waals surface area contributed by atoms with E-state index in [1.807, 2.05) is 18.2 Å². The lowest BCUT2D eigenvalue weighted by molar-refractivity contribution is 0.959. The van der Waals surface area contributed by atoms with Gasteiger partial charge >= 0.3 is 0 Å². The lowest BCUT2D eigenvalue weighted by Gasteiger charge is -2.29. The molecule has 0 aliphatic carbocycles. The molecule has 7 rings (SSSR count). The highest BCUT2D eigenvalue weighted by Crippen LogP contribution is 2.43. The first kappa shape index (κ1) is 27.0. The van der Waals surface area contributed by atoms with Crippen LogP contribution in [0.1, 0.15) is 5.56 Å². The third-order valence-corrected chi connectivity index (χ3v) is 8.03. The maximum atomic E-state index is 6.36. The molecule has 44 heavy (non-hydrogen) atoms. The fourth-order valence-corrected chi connectivity index (χ4v) is 5.87. The van der Waals surface area contributed by atoms with Gasteiger partial charge in [0.25, 0.3) is 0 Å². The summed E-state index contributed by atoms with van der Waals surface area (Å²) < 4.78 is 2.16. The molecule has 6 aromatic carbocycles. The number of anilines is 3. The first-order valence-electron chi connectivity index (χ1n) is 14.7. The van der Waals surface area contributed by atoms with E-state index >= 15 is 0 Å². The van der Waals surface area contributed by atoms with Crippen LogP contribution in [0, 0.1) is 0 Å². The highest BCUT2D eigenvalue weighted by Gasteiger charge is 2.20. The minimum atomic E-state index is 0.522. The molecule has 0 amide bonds. The van der Waals surface area contributed by atoms with Crippen LogP contribution in [-0.4, -0.2) is 9.55 Å². The molecule has 4 heteroatoms. The van der Waals surface area contributed by atoms with E-state index in [0.717, 1.165) is 67.3 Å². The zero-order valence-corrected chi connectivity index (χ0v) is 24.6. The summed E-state index contributed by atoms with van der Waals surface area (Å²) in [5.41, 5.74) is 18.4. The van der Waals surface area contributed by atoms with Crippen molar-refractivity contribution in [1.82, 2.24) is 9.55 Å². The first-order valence-corrected chi connectivity index (χ1v) is 14.7. The molecule has 1 aromatic heterocycles. The zero-order valence-electron chi connectivity index (χ0n) is 24.6. The van der Waals surface area contributed by atoms with Crippen molar-refractivity contribution in [1.29, 1.82) is 0 Å². The van der Waals surface area contributed by atoms with Gasteiger partial charge in [0.05, 0.1) is 16.7 Å². The van der Waals surface area contributed by atoms with Gasteiger partial charge in [0.2, 0.25) is 0 Å². The molecule has 0 unspecified atom stereocenters. The molecule has 0 radical (unpaired) electrons. The van der Waals surface area contributed by atoms with Crippen molar-refractivity contribution < 1.29 is 0 Å². The number of nitrogens with zero attached hydrogens (tertiary/aromatic N) is 3. The second-order valence-electron chi connectivity index (χ2n) is 10.9. The summed E-state index contributed by atoms with van der Waals surface area (Å²) in [5.74, 6) is 0.915. The molecule has 0 spiro atoms. The molecule has 0 saturated carbocycles. The summed E-state index contributed by atoms with van der Waals surface area (Å²) in [6.45, 7) is 4.10. The number of nitrogens with two attached hydrogens (primary N) is 1. The van der Waals surface area contributed by atoms with Gasteiger partial charge in [-0.05, 0) is 70.8 Å². The number of hydrogen-bond donors (Lipinski definition) is 1. The normalized spacial score (nSPS) is 11.0. The molecular formula is C40H32N4. The Hall–Kier alpha value is -5.87. The van der Waals surface area contributed by atoms with Crippen LogP contribution in [0.3, 0.4) is 0 Å². The zero-order chi connectivity index (χ0) is 30.0. The fraction of sp³-hybridized carbons (Fsp3) is 0.0250. The van der Waals surface area contributed by atoms with Gasteiger partial charge in [0.1, 0.15) is 5.82 Å². The standard InChI is InChI=1S/C40H32N4/c1-28(41)32-24-33(29-14-5-3-6-15-29)27-35(26-32)44(38-22-11-9-20-36(38)30-16-7-4-8-17-30)34-19-13-18-31(25-34)40-42-37-21-10-12-23-39(37)43(40)2/h3-27H,1,41H2,2H3. The van der Waals surface area contributed by atoms with Crippen molar-refractivity contribution in [2.45, 2.75) is 0 Å². The number of para-hydroxylation sites is 3. The van der Waals surface area contributed by atoms with Gasteiger partial charge in [0, 0.05) is 35.2 Å². The van der Waals surface area contributed by atoms with Gasteiger partial charge in [-0.3, -0.25) is 0 Å². The van der Waals surface area contributed by atoms with Crippen molar-refractivity contribution in [3.05, 3.63) is 164 Å². The number of hydrogen-bond acceptors (Lipinski definition) is 3. The first-order chi connectivity index (χ1) is 21.6. The van der Waals surface area contributed by atoms with Crippen molar-refractivity contribution in [3.63, 3.8) is 0 Å². The van der Waals surface area contributed by atoms with E-state index in [-0.39, 0.29) is 0 Å². The van der Waals surface area contributed by atoms with E-state index in [9.17, 15) is 0 Å². The Morgan fingerprint density at radius 1 is 0.614 bits per heavy atom. The maximum Gasteiger partial charge on any atom is 0.140 e. The number of fused-ring (bicyclic) bond motifs is 1. The molecule has 212 valence electrons. The molecule has 0 aliphatic heterocycles. The van der Waals surface area contributed by atoms with Crippen molar-refractivity contribution in [2.75, 3.05) is 4.90 Å². The summed E-state index contributed by atoms with van der Waals surface area (Å²) in [6, 6.07) is 52.7. The van der Waals surface area contributed by atoms with Crippen LogP contribution >= 0.6 is 0 Å². The third kappa shape index (κ3) is 5.03. The second kappa shape index (κ2) is 11.4. The lowest BCUT2D eigenvalue weighted by atomic mass is 9.98. The van der Waals surface area contributed by atoms with E-state index in [1.54, 1.807) is 0 Å². The largest absolute Gasteiger partial charge is 0.399 e. The Bertz CT molecular complexity index is 2110. The predicted molar refractivity (Wildman–Crippen MR) is 185 cm³/mol. The van der Waals surface area contributed by atoms with Crippen LogP contribution in [0.25, 0.3) is 50.4 Å². The average molecular weight is 569 g/mol. The van der Waals surface area contributed by atoms with Crippen LogP contribution < -0.4 is 10.6 Å². The van der Waals surface area contributed by atoms with Gasteiger partial charge in [0.15, 0.2) is 0 Å². The fourth-order valence-electron chi connectivity index (χ4n) is 5.87. The Balaban J connectivity index is 1.48. The molecular weight excluding hydrogens is 536 g/mol. The monoisotopic (exact) mass is 568 g/mol. The summed E-state index contributed by atoms with van der Waals surface area (Å²) in [7, 11) is 2.07. The van der Waals surface area contributed by atoms with Crippen LogP contribution in [0.2, 0.25) is 0 Å². The Kier molecular flexibility index (Phi) is 7.01. The molecule has 0 atom stereocenters. The Morgan fingerprint density at radius 3 is 2.00 bits per heavy atom. The van der Waals surface area contributed by atoms with Crippen LogP contribution in [0.5, 0.6) is 0 Å². The molecule has 0 bridgehead atoms. The number of imidazole rings is 1. The lowest BCUT2D eigenvalue weighted by Crippen LogP contribution is -2.12. The molecule has 2 N–H and O–H groups in total. The summed E-state index contributed by atoms with van der Waals surface area (Å²) in [6.07, 6.45) is 0. The van der Waals surface area contributed by atoms with E-state index in [1.165, 1.54) is 0 Å². The average Bonchev–Trinajstić information content (AvgIpc) is 3.42. The Morgan fingerprint density at radius 2 is 1.25 bits per heavy atom. The van der Waals surface area contributed by atoms with Crippen LogP contribution in [0.4, 0.5) is 17.1 Å². The van der Waals surface area contributed by atoms with Crippen molar-refractivity contribution in [2.24, 2.45) is 12.8 Å². The van der Waals surface area contributed by atoms with Gasteiger partial charge in [-0.15, -0.1) is 0 Å². The quantitative estimate of drug-likeness (QED) is 0.208. The highest BCUT2D eigenvalue weighted by molar-refractivity contribution is 5.91. The molecule has 0 saturated heterocycles. The second-order valence-corrected chi connectivity index (χ2v) is 10.9. The van der Waals surface area contributed by atoms with Gasteiger partial charge in [-0.2, -0.15) is 0 Å². The smallest absolute Gasteiger partial charge is 0.140 e. The van der Waals surface area contributed by atoms with E-state index in [2.05, 4.69) is 157 Å². The SMILES string of the molecule is C=C(N)c1cc(-c2ccccc2)cc(N(c2cccc(-c3nc4ccccc4n3C)c2)c2ccccc2-c2ccccc2)c1. The summed E-state index contributed by atoms with van der Waals surface area (Å²) >= 11 is 0. The molecule has 4 nitrogen and oxygen atoms in total. The van der Waals surface area contributed by atoms with Gasteiger partial charge < -0.3 is 15.2 Å². The molecule has 1 heterocycles. The Labute approximate surface area is 258 Å². The van der Waals surface area contributed by atoms with E-state index in [0.29, 0.717) is 5.70 Å². The number of rotatable bonds is 7. The minimum absolute atomic E-state index is 0.522. The molecule has 0 aliphatic rings. The predicted octanol–water partition coefficient (Wildman–Crippen LogP) is 9.97. The van der Waals surface area contributed by atoms with Gasteiger partial charge in [-0.25, -0.2) is 4.98 Å². The van der Waals surface area contributed by atoms with E-state index in [4.69, 9.17) is 10.7 Å². The van der Waals surface area contributed by atoms with Crippen molar-refractivity contribution in [3.8, 4) is 33.6 Å². The molecule has 0 fully saturated rings. The van der Waals surface area contributed by atoms with Crippen molar-refractivity contribution >= 4 is 33.8 Å². The van der Waals surface area contributed by atoms with Crippen LogP contribution in [-0.2, 0) is 7.05 Å². The molecule has 7 aromatic rings. The summed E-state index contributed by atoms with van der Waals surface area (Å²) in [5, 5.41) is 0. The van der Waals surface area contributed by atoms with E-state index < -0.39 is 0 Å². The maximum absolute atomic E-state index is 6.36. The highest BCUT2D eigenvalue weighted by atomic mass is 15.1. The summed E-state index contributed by atoms with van der Waals surface area (Å²) in [4.78, 5) is 7.31. The topological polar surface area (TPSA) is 47.1 Å². The number of benzene rings is 6. The van der Waals surface area contributed by atoms with Gasteiger partial charge in [-0.1, -0.05) is 110 Å².